The normalized spacial score (nSPS) is 27.0. The quantitative estimate of drug-likeness (QED) is 0.699. The van der Waals surface area contributed by atoms with Crippen LogP contribution in [-0.2, 0) is 6.42 Å². The van der Waals surface area contributed by atoms with E-state index < -0.39 is 0 Å². The average Bonchev–Trinajstić information content (AvgIpc) is 2.55. The van der Waals surface area contributed by atoms with Crippen molar-refractivity contribution in [2.75, 3.05) is 13.1 Å². The molecule has 16 heavy (non-hydrogen) atoms. The number of rotatable bonds is 0. The first-order chi connectivity index (χ1) is 7.73. The minimum Gasteiger partial charge on any atom is -0.323 e. The van der Waals surface area contributed by atoms with Gasteiger partial charge in [0.25, 0.3) is 0 Å². The molecule has 0 amide bonds. The van der Waals surface area contributed by atoms with Crippen molar-refractivity contribution in [2.24, 2.45) is 11.1 Å². The molecule has 2 nitrogen and oxygen atoms in total. The molecule has 1 heterocycles. The van der Waals surface area contributed by atoms with E-state index in [1.165, 1.54) is 6.07 Å². The maximum atomic E-state index is 13.8. The van der Waals surface area contributed by atoms with Gasteiger partial charge in [-0.05, 0) is 49.4 Å². The lowest BCUT2D eigenvalue weighted by Gasteiger charge is -2.37. The molecule has 1 aromatic rings. The van der Waals surface area contributed by atoms with Crippen LogP contribution in [-0.4, -0.2) is 13.1 Å². The van der Waals surface area contributed by atoms with Gasteiger partial charge in [-0.1, -0.05) is 12.1 Å². The molecule has 0 saturated carbocycles. The molecule has 1 atom stereocenters. The SMILES string of the molecule is N[C@@H]1c2c(F)cccc2CC12CCNCC2. The van der Waals surface area contributed by atoms with Crippen molar-refractivity contribution in [1.82, 2.24) is 5.32 Å². The maximum absolute atomic E-state index is 13.8. The van der Waals surface area contributed by atoms with Gasteiger partial charge in [-0.25, -0.2) is 4.39 Å². The van der Waals surface area contributed by atoms with E-state index in [1.807, 2.05) is 6.07 Å². The fourth-order valence-corrected chi connectivity index (χ4v) is 3.29. The first-order valence-electron chi connectivity index (χ1n) is 5.97. The number of benzene rings is 1. The highest BCUT2D eigenvalue weighted by molar-refractivity contribution is 5.39. The van der Waals surface area contributed by atoms with Gasteiger partial charge in [0.2, 0.25) is 0 Å². The lowest BCUT2D eigenvalue weighted by molar-refractivity contribution is 0.172. The Morgan fingerprint density at radius 2 is 2.06 bits per heavy atom. The van der Waals surface area contributed by atoms with E-state index in [4.69, 9.17) is 5.73 Å². The molecule has 0 unspecified atom stereocenters. The molecule has 0 radical (unpaired) electrons. The lowest BCUT2D eigenvalue weighted by atomic mass is 9.73. The molecule has 3 heteroatoms. The molecule has 1 aliphatic heterocycles. The van der Waals surface area contributed by atoms with Crippen molar-refractivity contribution < 1.29 is 4.39 Å². The predicted octanol–water partition coefficient (Wildman–Crippen LogP) is 1.75. The predicted molar refractivity (Wildman–Crippen MR) is 61.6 cm³/mol. The van der Waals surface area contributed by atoms with Crippen molar-refractivity contribution in [3.63, 3.8) is 0 Å². The van der Waals surface area contributed by atoms with E-state index in [0.717, 1.165) is 43.5 Å². The van der Waals surface area contributed by atoms with Crippen molar-refractivity contribution >= 4 is 0 Å². The molecule has 2 aliphatic rings. The Kier molecular flexibility index (Phi) is 2.26. The topological polar surface area (TPSA) is 38.0 Å². The second-order valence-corrected chi connectivity index (χ2v) is 5.08. The summed E-state index contributed by atoms with van der Waals surface area (Å²) in [6, 6.07) is 5.22. The fraction of sp³-hybridized carbons (Fsp3) is 0.538. The van der Waals surface area contributed by atoms with Crippen LogP contribution in [0.5, 0.6) is 0 Å². The molecule has 1 saturated heterocycles. The Balaban J connectivity index is 2.02. The molecule has 1 aliphatic carbocycles. The second-order valence-electron chi connectivity index (χ2n) is 5.08. The first kappa shape index (κ1) is 10.2. The summed E-state index contributed by atoms with van der Waals surface area (Å²) in [5.41, 5.74) is 8.28. The van der Waals surface area contributed by atoms with Crippen molar-refractivity contribution in [2.45, 2.75) is 25.3 Å². The molecule has 3 N–H and O–H groups in total. The number of fused-ring (bicyclic) bond motifs is 1. The van der Waals surface area contributed by atoms with Crippen molar-refractivity contribution in [3.8, 4) is 0 Å². The van der Waals surface area contributed by atoms with Gasteiger partial charge in [-0.15, -0.1) is 0 Å². The number of hydrogen-bond acceptors (Lipinski definition) is 2. The smallest absolute Gasteiger partial charge is 0.128 e. The van der Waals surface area contributed by atoms with E-state index in [2.05, 4.69) is 5.32 Å². The zero-order valence-corrected chi connectivity index (χ0v) is 9.30. The van der Waals surface area contributed by atoms with Crippen LogP contribution in [0.3, 0.4) is 0 Å². The molecule has 1 spiro atoms. The molecular formula is C13H17FN2. The minimum absolute atomic E-state index is 0.107. The molecule has 1 aromatic carbocycles. The van der Waals surface area contributed by atoms with Gasteiger partial charge in [0.05, 0.1) is 0 Å². The van der Waals surface area contributed by atoms with E-state index in [0.29, 0.717) is 0 Å². The standard InChI is InChI=1S/C13H17FN2/c14-10-3-1-2-9-8-13(12(15)11(9)10)4-6-16-7-5-13/h1-3,12,16H,4-8,15H2/t12-/m1/s1. The van der Waals surface area contributed by atoms with Crippen molar-refractivity contribution in [1.29, 1.82) is 0 Å². The summed E-state index contributed by atoms with van der Waals surface area (Å²) in [6.45, 7) is 2.01. The van der Waals surface area contributed by atoms with Gasteiger partial charge in [0.1, 0.15) is 5.82 Å². The summed E-state index contributed by atoms with van der Waals surface area (Å²) in [5, 5.41) is 3.35. The summed E-state index contributed by atoms with van der Waals surface area (Å²) in [6.07, 6.45) is 3.06. The minimum atomic E-state index is -0.125. The number of nitrogens with one attached hydrogen (secondary N) is 1. The summed E-state index contributed by atoms with van der Waals surface area (Å²) < 4.78 is 13.8. The van der Waals surface area contributed by atoms with Crippen LogP contribution in [0.2, 0.25) is 0 Å². The Morgan fingerprint density at radius 1 is 1.31 bits per heavy atom. The second kappa shape index (κ2) is 3.54. The third-order valence-corrected chi connectivity index (χ3v) is 4.26. The van der Waals surface area contributed by atoms with Gasteiger partial charge >= 0.3 is 0 Å². The number of nitrogens with two attached hydrogens (primary N) is 1. The van der Waals surface area contributed by atoms with Gasteiger partial charge < -0.3 is 11.1 Å². The molecule has 0 aromatic heterocycles. The summed E-state index contributed by atoms with van der Waals surface area (Å²) in [7, 11) is 0. The molecule has 86 valence electrons. The van der Waals surface area contributed by atoms with Gasteiger partial charge in [-0.2, -0.15) is 0 Å². The van der Waals surface area contributed by atoms with E-state index >= 15 is 0 Å². The van der Waals surface area contributed by atoms with Crippen LogP contribution in [0.25, 0.3) is 0 Å². The zero-order chi connectivity index (χ0) is 11.2. The number of hydrogen-bond donors (Lipinski definition) is 2. The zero-order valence-electron chi connectivity index (χ0n) is 9.30. The van der Waals surface area contributed by atoms with Gasteiger partial charge in [0.15, 0.2) is 0 Å². The summed E-state index contributed by atoms with van der Waals surface area (Å²) in [4.78, 5) is 0. The monoisotopic (exact) mass is 220 g/mol. The number of piperidine rings is 1. The van der Waals surface area contributed by atoms with Crippen LogP contribution in [0, 0.1) is 11.2 Å². The molecule has 3 rings (SSSR count). The number of halogens is 1. The Hall–Kier alpha value is -0.930. The van der Waals surface area contributed by atoms with Crippen LogP contribution < -0.4 is 11.1 Å². The highest BCUT2D eigenvalue weighted by Crippen LogP contribution is 2.50. The summed E-state index contributed by atoms with van der Waals surface area (Å²) >= 11 is 0. The summed E-state index contributed by atoms with van der Waals surface area (Å²) in [5.74, 6) is -0.125. The van der Waals surface area contributed by atoms with Crippen LogP contribution in [0.1, 0.15) is 30.0 Å². The third kappa shape index (κ3) is 1.31. The lowest BCUT2D eigenvalue weighted by Crippen LogP contribution is -2.42. The highest BCUT2D eigenvalue weighted by atomic mass is 19.1. The van der Waals surface area contributed by atoms with Crippen molar-refractivity contribution in [3.05, 3.63) is 35.1 Å². The van der Waals surface area contributed by atoms with Gasteiger partial charge in [-0.3, -0.25) is 0 Å². The third-order valence-electron chi connectivity index (χ3n) is 4.26. The van der Waals surface area contributed by atoms with Crippen LogP contribution in [0.15, 0.2) is 18.2 Å². The Morgan fingerprint density at radius 3 is 2.75 bits per heavy atom. The molecule has 1 fully saturated rings. The Bertz CT molecular complexity index is 410. The average molecular weight is 220 g/mol. The largest absolute Gasteiger partial charge is 0.323 e. The molecule has 0 bridgehead atoms. The fourth-order valence-electron chi connectivity index (χ4n) is 3.29. The Labute approximate surface area is 95.0 Å². The first-order valence-corrected chi connectivity index (χ1v) is 5.97. The van der Waals surface area contributed by atoms with E-state index in [1.54, 1.807) is 6.07 Å². The van der Waals surface area contributed by atoms with Crippen LogP contribution >= 0.6 is 0 Å². The maximum Gasteiger partial charge on any atom is 0.128 e. The van der Waals surface area contributed by atoms with Crippen LogP contribution in [0.4, 0.5) is 4.39 Å². The van der Waals surface area contributed by atoms with Gasteiger partial charge in [0, 0.05) is 11.6 Å². The molecular weight excluding hydrogens is 203 g/mol. The highest BCUT2D eigenvalue weighted by Gasteiger charge is 2.45. The van der Waals surface area contributed by atoms with E-state index in [9.17, 15) is 4.39 Å². The van der Waals surface area contributed by atoms with E-state index in [-0.39, 0.29) is 17.3 Å².